The minimum Gasteiger partial charge on any atom is -0.507 e. The monoisotopic (exact) mass is 390 g/mol. The maximum Gasteiger partial charge on any atom is 0.270 e. The van der Waals surface area contributed by atoms with Gasteiger partial charge >= 0.3 is 0 Å². The van der Waals surface area contributed by atoms with Crippen LogP contribution in [0, 0.1) is 10.1 Å². The smallest absolute Gasteiger partial charge is 0.270 e. The lowest BCUT2D eigenvalue weighted by molar-refractivity contribution is -0.384. The lowest BCUT2D eigenvalue weighted by Gasteiger charge is -2.05. The van der Waals surface area contributed by atoms with E-state index in [0.717, 1.165) is 24.4 Å². The number of hydrazone groups is 1. The van der Waals surface area contributed by atoms with Gasteiger partial charge in [-0.1, -0.05) is 17.7 Å². The average Bonchev–Trinajstić information content (AvgIpc) is 2.61. The molecule has 0 atom stereocenters. The van der Waals surface area contributed by atoms with Crippen LogP contribution < -0.4 is 10.7 Å². The molecule has 0 saturated carbocycles. The fourth-order valence-corrected chi connectivity index (χ4v) is 2.20. The van der Waals surface area contributed by atoms with Gasteiger partial charge in [0.25, 0.3) is 5.69 Å². The molecule has 0 aliphatic rings. The minimum absolute atomic E-state index is 0.0724. The van der Waals surface area contributed by atoms with Crippen LogP contribution in [0.5, 0.6) is 5.75 Å². The third kappa shape index (κ3) is 6.40. The van der Waals surface area contributed by atoms with Gasteiger partial charge in [0.15, 0.2) is 0 Å². The zero-order chi connectivity index (χ0) is 19.8. The number of phenols is 1. The first-order chi connectivity index (χ1) is 12.8. The highest BCUT2D eigenvalue weighted by Crippen LogP contribution is 2.21. The second-order valence-electron chi connectivity index (χ2n) is 5.35. The van der Waals surface area contributed by atoms with E-state index in [2.05, 4.69) is 15.8 Å². The van der Waals surface area contributed by atoms with E-state index in [9.17, 15) is 24.8 Å². The largest absolute Gasteiger partial charge is 0.507 e. The standard InChI is InChI=1S/C17H15ClN4O5/c18-12-2-1-3-13(9-12)20-16(24)6-7-17(25)21-19-10-11-8-14(22(26)27)4-5-15(11)23/h1-5,8-10,23H,6-7H2,(H,20,24)(H,21,25)/b19-10+. The van der Waals surface area contributed by atoms with Crippen molar-refractivity contribution >= 4 is 41.0 Å². The first-order valence-corrected chi connectivity index (χ1v) is 8.07. The molecule has 0 bridgehead atoms. The summed E-state index contributed by atoms with van der Waals surface area (Å²) < 4.78 is 0. The normalized spacial score (nSPS) is 10.6. The zero-order valence-corrected chi connectivity index (χ0v) is 14.6. The molecule has 0 saturated heterocycles. The summed E-state index contributed by atoms with van der Waals surface area (Å²) in [4.78, 5) is 33.6. The van der Waals surface area contributed by atoms with Gasteiger partial charge in [-0.3, -0.25) is 19.7 Å². The van der Waals surface area contributed by atoms with Crippen molar-refractivity contribution in [1.29, 1.82) is 0 Å². The molecule has 0 spiro atoms. The molecular weight excluding hydrogens is 376 g/mol. The van der Waals surface area contributed by atoms with Crippen LogP contribution in [-0.4, -0.2) is 28.1 Å². The third-order valence-electron chi connectivity index (χ3n) is 3.30. The number of anilines is 1. The SMILES string of the molecule is O=C(CCC(=O)Nc1cccc(Cl)c1)N/N=C/c1cc([N+](=O)[O-])ccc1O. The Morgan fingerprint density at radius 1 is 1.19 bits per heavy atom. The van der Waals surface area contributed by atoms with Crippen LogP contribution in [0.1, 0.15) is 18.4 Å². The number of carbonyl (C=O) groups excluding carboxylic acids is 2. The Morgan fingerprint density at radius 2 is 1.93 bits per heavy atom. The van der Waals surface area contributed by atoms with Crippen molar-refractivity contribution in [3.8, 4) is 5.75 Å². The van der Waals surface area contributed by atoms with Crippen molar-refractivity contribution in [3.05, 3.63) is 63.2 Å². The highest BCUT2D eigenvalue weighted by atomic mass is 35.5. The summed E-state index contributed by atoms with van der Waals surface area (Å²) in [6, 6.07) is 10.0. The minimum atomic E-state index is -0.617. The number of phenolic OH excluding ortho intramolecular Hbond substituents is 1. The number of aromatic hydroxyl groups is 1. The molecular formula is C17H15ClN4O5. The van der Waals surface area contributed by atoms with Crippen LogP contribution in [0.3, 0.4) is 0 Å². The van der Waals surface area contributed by atoms with Crippen molar-refractivity contribution in [2.45, 2.75) is 12.8 Å². The molecule has 2 rings (SSSR count). The lowest BCUT2D eigenvalue weighted by Crippen LogP contribution is -2.20. The second-order valence-corrected chi connectivity index (χ2v) is 5.79. The Labute approximate surface area is 158 Å². The number of halogens is 1. The molecule has 0 radical (unpaired) electrons. The fourth-order valence-electron chi connectivity index (χ4n) is 2.01. The number of carbonyl (C=O) groups is 2. The molecule has 2 aromatic rings. The van der Waals surface area contributed by atoms with Crippen LogP contribution in [0.2, 0.25) is 5.02 Å². The van der Waals surface area contributed by atoms with Gasteiger partial charge in [-0.15, -0.1) is 0 Å². The van der Waals surface area contributed by atoms with Crippen molar-refractivity contribution in [2.75, 3.05) is 5.32 Å². The first kappa shape index (κ1) is 19.9. The molecule has 0 unspecified atom stereocenters. The summed E-state index contributed by atoms with van der Waals surface area (Å²) in [6.45, 7) is 0. The number of hydrogen-bond donors (Lipinski definition) is 3. The Morgan fingerprint density at radius 3 is 2.63 bits per heavy atom. The quantitative estimate of drug-likeness (QED) is 0.379. The van der Waals surface area contributed by atoms with Crippen LogP contribution in [-0.2, 0) is 9.59 Å². The highest BCUT2D eigenvalue weighted by Gasteiger charge is 2.10. The van der Waals surface area contributed by atoms with E-state index >= 15 is 0 Å². The summed E-state index contributed by atoms with van der Waals surface area (Å²) in [5.41, 5.74) is 2.55. The van der Waals surface area contributed by atoms with E-state index in [1.165, 1.54) is 0 Å². The number of benzene rings is 2. The molecule has 0 aliphatic carbocycles. The van der Waals surface area contributed by atoms with Crippen LogP contribution in [0.4, 0.5) is 11.4 Å². The summed E-state index contributed by atoms with van der Waals surface area (Å²) in [5.74, 6) is -1.12. The van der Waals surface area contributed by atoms with E-state index in [-0.39, 0.29) is 35.7 Å². The van der Waals surface area contributed by atoms with E-state index in [0.29, 0.717) is 10.7 Å². The number of hydrogen-bond acceptors (Lipinski definition) is 6. The Hall–Kier alpha value is -3.46. The lowest BCUT2D eigenvalue weighted by atomic mass is 10.2. The maximum atomic E-state index is 11.8. The van der Waals surface area contributed by atoms with Gasteiger partial charge < -0.3 is 10.4 Å². The van der Waals surface area contributed by atoms with Gasteiger partial charge in [-0.2, -0.15) is 5.10 Å². The predicted molar refractivity (Wildman–Crippen MR) is 99.8 cm³/mol. The zero-order valence-electron chi connectivity index (χ0n) is 13.9. The number of nitrogens with zero attached hydrogens (tertiary/aromatic N) is 2. The molecule has 0 heterocycles. The van der Waals surface area contributed by atoms with Crippen LogP contribution >= 0.6 is 11.6 Å². The van der Waals surface area contributed by atoms with E-state index in [1.807, 2.05) is 0 Å². The number of amides is 2. The van der Waals surface area contributed by atoms with Gasteiger partial charge in [0.2, 0.25) is 11.8 Å². The average molecular weight is 391 g/mol. The molecule has 3 N–H and O–H groups in total. The Kier molecular flexibility index (Phi) is 6.84. The number of nitro benzene ring substituents is 1. The van der Waals surface area contributed by atoms with Gasteiger partial charge in [-0.05, 0) is 24.3 Å². The topological polar surface area (TPSA) is 134 Å². The number of rotatable bonds is 7. The number of non-ortho nitro benzene ring substituents is 1. The second kappa shape index (κ2) is 9.30. The molecule has 0 fully saturated rings. The van der Waals surface area contributed by atoms with Gasteiger partial charge in [0.05, 0.1) is 11.1 Å². The number of nitro groups is 1. The van der Waals surface area contributed by atoms with Crippen molar-refractivity contribution in [1.82, 2.24) is 5.43 Å². The molecule has 10 heteroatoms. The Balaban J connectivity index is 1.82. The molecule has 0 aromatic heterocycles. The van der Waals surface area contributed by atoms with Crippen LogP contribution in [0.25, 0.3) is 0 Å². The van der Waals surface area contributed by atoms with Crippen LogP contribution in [0.15, 0.2) is 47.6 Å². The molecule has 27 heavy (non-hydrogen) atoms. The fraction of sp³-hybridized carbons (Fsp3) is 0.118. The molecule has 9 nitrogen and oxygen atoms in total. The van der Waals surface area contributed by atoms with Gasteiger partial charge in [0.1, 0.15) is 5.75 Å². The van der Waals surface area contributed by atoms with E-state index < -0.39 is 10.8 Å². The molecule has 2 aromatic carbocycles. The van der Waals surface area contributed by atoms with Gasteiger partial charge in [0, 0.05) is 41.2 Å². The van der Waals surface area contributed by atoms with Gasteiger partial charge in [-0.25, -0.2) is 5.43 Å². The maximum absolute atomic E-state index is 11.8. The Bertz CT molecular complexity index is 901. The first-order valence-electron chi connectivity index (χ1n) is 7.70. The number of nitrogens with one attached hydrogen (secondary N) is 2. The highest BCUT2D eigenvalue weighted by molar-refractivity contribution is 6.30. The van der Waals surface area contributed by atoms with Crippen molar-refractivity contribution in [2.24, 2.45) is 5.10 Å². The predicted octanol–water partition coefficient (Wildman–Crippen LogP) is 2.82. The third-order valence-corrected chi connectivity index (χ3v) is 3.54. The molecule has 140 valence electrons. The summed E-state index contributed by atoms with van der Waals surface area (Å²) in [5, 5.41) is 27.0. The van der Waals surface area contributed by atoms with E-state index in [4.69, 9.17) is 11.6 Å². The van der Waals surface area contributed by atoms with Crippen molar-refractivity contribution < 1.29 is 19.6 Å². The summed E-state index contributed by atoms with van der Waals surface area (Å²) >= 11 is 5.82. The molecule has 2 amide bonds. The summed E-state index contributed by atoms with van der Waals surface area (Å²) in [6.07, 6.45) is 0.882. The molecule has 0 aliphatic heterocycles. The summed E-state index contributed by atoms with van der Waals surface area (Å²) in [7, 11) is 0. The van der Waals surface area contributed by atoms with E-state index in [1.54, 1.807) is 24.3 Å². The van der Waals surface area contributed by atoms with Crippen molar-refractivity contribution in [3.63, 3.8) is 0 Å².